The van der Waals surface area contributed by atoms with Crippen LogP contribution in [0, 0.1) is 0 Å². The van der Waals surface area contributed by atoms with E-state index in [-0.39, 0.29) is 5.60 Å². The number of ether oxygens (including phenoxy) is 1. The highest BCUT2D eigenvalue weighted by molar-refractivity contribution is 4.89. The molecule has 0 spiro atoms. The lowest BCUT2D eigenvalue weighted by Crippen LogP contribution is -2.48. The molecule has 0 aromatic carbocycles. The molecule has 2 heteroatoms. The summed E-state index contributed by atoms with van der Waals surface area (Å²) in [5.41, 5.74) is 0.152. The fraction of sp³-hybridized carbons (Fsp3) is 1.00. The Balaban J connectivity index is 2.33. The van der Waals surface area contributed by atoms with Crippen LogP contribution in [0.2, 0.25) is 0 Å². The lowest BCUT2D eigenvalue weighted by atomic mass is 9.85. The standard InChI is InChI=1S/C16H33NO/c1-5-8-9-10-14(4)17-15-11-12-18-16(6-2,7-3)13-15/h14-15,17H,5-13H2,1-4H3. The molecule has 0 aromatic rings. The van der Waals surface area contributed by atoms with Gasteiger partial charge in [-0.3, -0.25) is 0 Å². The van der Waals surface area contributed by atoms with Crippen LogP contribution >= 0.6 is 0 Å². The van der Waals surface area contributed by atoms with Crippen LogP contribution < -0.4 is 5.32 Å². The van der Waals surface area contributed by atoms with Gasteiger partial charge in [0.2, 0.25) is 0 Å². The molecule has 1 rings (SSSR count). The average molecular weight is 255 g/mol. The van der Waals surface area contributed by atoms with Crippen molar-refractivity contribution in [3.05, 3.63) is 0 Å². The van der Waals surface area contributed by atoms with Gasteiger partial charge >= 0.3 is 0 Å². The van der Waals surface area contributed by atoms with Gasteiger partial charge in [-0.05, 0) is 39.0 Å². The Morgan fingerprint density at radius 3 is 2.56 bits per heavy atom. The second-order valence-electron chi connectivity index (χ2n) is 5.99. The molecular weight excluding hydrogens is 222 g/mol. The predicted molar refractivity (Wildman–Crippen MR) is 79.0 cm³/mol. The van der Waals surface area contributed by atoms with E-state index in [1.807, 2.05) is 0 Å². The summed E-state index contributed by atoms with van der Waals surface area (Å²) in [4.78, 5) is 0. The van der Waals surface area contributed by atoms with Crippen molar-refractivity contribution in [1.29, 1.82) is 0 Å². The molecular formula is C16H33NO. The zero-order valence-corrected chi connectivity index (χ0v) is 12.9. The molecule has 1 fully saturated rings. The maximum Gasteiger partial charge on any atom is 0.0692 e. The van der Waals surface area contributed by atoms with E-state index in [1.54, 1.807) is 0 Å². The fourth-order valence-electron chi connectivity index (χ4n) is 3.10. The van der Waals surface area contributed by atoms with Crippen LogP contribution in [0.15, 0.2) is 0 Å². The Hall–Kier alpha value is -0.0800. The first-order valence-corrected chi connectivity index (χ1v) is 8.05. The maximum atomic E-state index is 6.03. The maximum absolute atomic E-state index is 6.03. The number of unbranched alkanes of at least 4 members (excludes halogenated alkanes) is 2. The zero-order chi connectivity index (χ0) is 13.4. The highest BCUT2D eigenvalue weighted by atomic mass is 16.5. The minimum absolute atomic E-state index is 0.152. The minimum Gasteiger partial charge on any atom is -0.375 e. The van der Waals surface area contributed by atoms with E-state index in [4.69, 9.17) is 4.74 Å². The Bertz CT molecular complexity index is 213. The molecule has 2 nitrogen and oxygen atoms in total. The number of rotatable bonds is 8. The predicted octanol–water partition coefficient (Wildman–Crippen LogP) is 4.28. The van der Waals surface area contributed by atoms with E-state index < -0.39 is 0 Å². The molecule has 1 aliphatic heterocycles. The number of nitrogens with one attached hydrogen (secondary N) is 1. The summed E-state index contributed by atoms with van der Waals surface area (Å²) >= 11 is 0. The topological polar surface area (TPSA) is 21.3 Å². The molecule has 2 atom stereocenters. The van der Waals surface area contributed by atoms with Crippen LogP contribution in [0.3, 0.4) is 0 Å². The van der Waals surface area contributed by atoms with Crippen LogP contribution in [0.5, 0.6) is 0 Å². The third-order valence-corrected chi connectivity index (χ3v) is 4.54. The number of hydrogen-bond donors (Lipinski definition) is 1. The van der Waals surface area contributed by atoms with Gasteiger partial charge in [-0.1, -0.05) is 40.0 Å². The summed E-state index contributed by atoms with van der Waals surface area (Å²) in [6.07, 6.45) is 10.0. The van der Waals surface area contributed by atoms with Gasteiger partial charge in [-0.2, -0.15) is 0 Å². The molecule has 1 heterocycles. The Kier molecular flexibility index (Phi) is 7.25. The van der Waals surface area contributed by atoms with Crippen molar-refractivity contribution in [2.24, 2.45) is 0 Å². The Morgan fingerprint density at radius 1 is 1.22 bits per heavy atom. The molecule has 18 heavy (non-hydrogen) atoms. The van der Waals surface area contributed by atoms with Crippen LogP contribution in [0.25, 0.3) is 0 Å². The average Bonchev–Trinajstić information content (AvgIpc) is 2.39. The van der Waals surface area contributed by atoms with E-state index in [2.05, 4.69) is 33.0 Å². The summed E-state index contributed by atoms with van der Waals surface area (Å²) < 4.78 is 6.03. The van der Waals surface area contributed by atoms with E-state index in [1.165, 1.54) is 38.5 Å². The summed E-state index contributed by atoms with van der Waals surface area (Å²) in [6, 6.07) is 1.32. The highest BCUT2D eigenvalue weighted by Crippen LogP contribution is 2.31. The Morgan fingerprint density at radius 2 is 1.94 bits per heavy atom. The highest BCUT2D eigenvalue weighted by Gasteiger charge is 2.34. The van der Waals surface area contributed by atoms with Crippen molar-refractivity contribution >= 4 is 0 Å². The Labute approximate surface area is 114 Å². The van der Waals surface area contributed by atoms with E-state index in [0.717, 1.165) is 19.4 Å². The molecule has 108 valence electrons. The lowest BCUT2D eigenvalue weighted by Gasteiger charge is -2.41. The van der Waals surface area contributed by atoms with Crippen molar-refractivity contribution in [3.8, 4) is 0 Å². The van der Waals surface area contributed by atoms with Crippen molar-refractivity contribution in [2.45, 2.75) is 96.7 Å². The summed E-state index contributed by atoms with van der Waals surface area (Å²) in [5, 5.41) is 3.82. The van der Waals surface area contributed by atoms with Crippen LogP contribution in [0.4, 0.5) is 0 Å². The van der Waals surface area contributed by atoms with Crippen LogP contribution in [0.1, 0.15) is 79.1 Å². The molecule has 2 unspecified atom stereocenters. The van der Waals surface area contributed by atoms with Gasteiger partial charge in [0.05, 0.1) is 5.60 Å². The van der Waals surface area contributed by atoms with Crippen LogP contribution in [-0.4, -0.2) is 24.3 Å². The molecule has 1 saturated heterocycles. The van der Waals surface area contributed by atoms with E-state index in [0.29, 0.717) is 12.1 Å². The van der Waals surface area contributed by atoms with Gasteiger partial charge in [0.15, 0.2) is 0 Å². The monoisotopic (exact) mass is 255 g/mol. The van der Waals surface area contributed by atoms with Gasteiger partial charge in [0, 0.05) is 18.7 Å². The largest absolute Gasteiger partial charge is 0.375 e. The lowest BCUT2D eigenvalue weighted by molar-refractivity contribution is -0.0939. The first-order valence-electron chi connectivity index (χ1n) is 8.05. The second kappa shape index (κ2) is 8.16. The van der Waals surface area contributed by atoms with Crippen molar-refractivity contribution in [2.75, 3.05) is 6.61 Å². The van der Waals surface area contributed by atoms with Gasteiger partial charge in [-0.15, -0.1) is 0 Å². The summed E-state index contributed by atoms with van der Waals surface area (Å²) in [5.74, 6) is 0. The minimum atomic E-state index is 0.152. The third-order valence-electron chi connectivity index (χ3n) is 4.54. The molecule has 0 aromatic heterocycles. The molecule has 0 radical (unpaired) electrons. The van der Waals surface area contributed by atoms with Crippen molar-refractivity contribution in [3.63, 3.8) is 0 Å². The van der Waals surface area contributed by atoms with Gasteiger partial charge in [0.1, 0.15) is 0 Å². The van der Waals surface area contributed by atoms with E-state index >= 15 is 0 Å². The molecule has 1 N–H and O–H groups in total. The molecule has 0 saturated carbocycles. The fourth-order valence-corrected chi connectivity index (χ4v) is 3.10. The van der Waals surface area contributed by atoms with Crippen molar-refractivity contribution in [1.82, 2.24) is 5.32 Å². The van der Waals surface area contributed by atoms with Gasteiger partial charge in [-0.25, -0.2) is 0 Å². The third kappa shape index (κ3) is 4.89. The van der Waals surface area contributed by atoms with Crippen molar-refractivity contribution < 1.29 is 4.74 Å². The van der Waals surface area contributed by atoms with E-state index in [9.17, 15) is 0 Å². The molecule has 0 bridgehead atoms. The van der Waals surface area contributed by atoms with Crippen LogP contribution in [-0.2, 0) is 4.74 Å². The van der Waals surface area contributed by atoms with Gasteiger partial charge < -0.3 is 10.1 Å². The summed E-state index contributed by atoms with van der Waals surface area (Å²) in [6.45, 7) is 10.1. The first kappa shape index (κ1) is 16.0. The zero-order valence-electron chi connectivity index (χ0n) is 12.9. The SMILES string of the molecule is CCCCCC(C)NC1CCOC(CC)(CC)C1. The molecule has 0 amide bonds. The normalized spacial score (nSPS) is 25.0. The molecule has 1 aliphatic rings. The molecule has 0 aliphatic carbocycles. The quantitative estimate of drug-likeness (QED) is 0.654. The second-order valence-corrected chi connectivity index (χ2v) is 5.99. The van der Waals surface area contributed by atoms with Gasteiger partial charge in [0.25, 0.3) is 0 Å². The number of hydrogen-bond acceptors (Lipinski definition) is 2. The summed E-state index contributed by atoms with van der Waals surface area (Å²) in [7, 11) is 0. The smallest absolute Gasteiger partial charge is 0.0692 e. The first-order chi connectivity index (χ1) is 8.65.